The van der Waals surface area contributed by atoms with E-state index in [0.717, 1.165) is 9.52 Å². The predicted octanol–water partition coefficient (Wildman–Crippen LogP) is 17.5. The molecule has 0 aliphatic rings. The minimum atomic E-state index is -0.826. The van der Waals surface area contributed by atoms with Gasteiger partial charge in [0, 0.05) is 9.52 Å². The van der Waals surface area contributed by atoms with E-state index < -0.39 is 20.8 Å². The molecule has 0 atom stereocenters. The van der Waals surface area contributed by atoms with Crippen LogP contribution in [0, 0.1) is 0 Å². The van der Waals surface area contributed by atoms with Gasteiger partial charge in [0.15, 0.2) is 0 Å². The van der Waals surface area contributed by atoms with Gasteiger partial charge in [-0.15, -0.1) is 69.1 Å². The number of hydrogen-bond acceptors (Lipinski definition) is 0. The fourth-order valence-electron chi connectivity index (χ4n) is 7.20. The van der Waals surface area contributed by atoms with Crippen molar-refractivity contribution in [3.63, 3.8) is 0 Å². The molecular formula is C52H68Cl2SiZr. The van der Waals surface area contributed by atoms with Gasteiger partial charge in [0.1, 0.15) is 0 Å². The van der Waals surface area contributed by atoms with Gasteiger partial charge in [-0.05, 0) is 45.9 Å². The van der Waals surface area contributed by atoms with E-state index in [0.29, 0.717) is 0 Å². The third kappa shape index (κ3) is 15.2. The Balaban J connectivity index is 0.000000264. The fraction of sp³-hybridized carbons (Fsp3) is 0.423. The van der Waals surface area contributed by atoms with E-state index in [4.69, 9.17) is 17.0 Å². The molecule has 6 aromatic carbocycles. The zero-order chi connectivity index (χ0) is 41.1. The number of halogens is 2. The molecule has 6 aromatic rings. The van der Waals surface area contributed by atoms with Crippen LogP contribution in [0.2, 0.25) is 13.1 Å². The first-order valence-corrected chi connectivity index (χ1v) is 29.3. The van der Waals surface area contributed by atoms with Gasteiger partial charge in [-0.1, -0.05) is 192 Å². The Labute approximate surface area is 363 Å². The maximum atomic E-state index is 4.93. The molecule has 0 heterocycles. The van der Waals surface area contributed by atoms with Crippen LogP contribution in [0.3, 0.4) is 0 Å². The van der Waals surface area contributed by atoms with E-state index >= 15 is 0 Å². The molecule has 0 saturated carbocycles. The van der Waals surface area contributed by atoms with E-state index in [1.54, 1.807) is 0 Å². The molecule has 0 aliphatic carbocycles. The topological polar surface area (TPSA) is 0 Å². The zero-order valence-electron chi connectivity index (χ0n) is 36.2. The molecule has 0 fully saturated rings. The summed E-state index contributed by atoms with van der Waals surface area (Å²) >= 11 is -0.826. The molecule has 0 spiro atoms. The molecule has 0 unspecified atom stereocenters. The first-order valence-electron chi connectivity index (χ1n) is 20.9. The second-order valence-electron chi connectivity index (χ2n) is 17.2. The van der Waals surface area contributed by atoms with Crippen molar-refractivity contribution in [1.29, 1.82) is 0 Å². The first kappa shape index (κ1) is 48.2. The monoisotopic (exact) mass is 880 g/mol. The second kappa shape index (κ2) is 24.6. The Morgan fingerprint density at radius 1 is 0.518 bits per heavy atom. The predicted molar refractivity (Wildman–Crippen MR) is 252 cm³/mol. The molecular weight excluding hydrogens is 815 g/mol. The summed E-state index contributed by atoms with van der Waals surface area (Å²) in [6.07, 6.45) is 13.0. The van der Waals surface area contributed by atoms with Crippen molar-refractivity contribution in [1.82, 2.24) is 0 Å². The van der Waals surface area contributed by atoms with Crippen molar-refractivity contribution in [3.8, 4) is 22.3 Å². The van der Waals surface area contributed by atoms with Gasteiger partial charge in [-0.25, -0.2) is 0 Å². The van der Waals surface area contributed by atoms with Crippen LogP contribution < -0.4 is 0 Å². The standard InChI is InChI=1S/2C25H31.C2H6Si.2ClH.Zr/c2*1-5-6-7-8-10-19-17-21-11-9-12-23(24(21)18-19)20-13-15-22(16-14-20)25(2,3)4;1-3-2;;;/h2*9,11-18H,5-8,10H2,1-4H3;1-2H3;2*1H;/q2*-1;;;;+4/p-2. The van der Waals surface area contributed by atoms with Crippen LogP contribution in [0.5, 0.6) is 0 Å². The van der Waals surface area contributed by atoms with Crippen LogP contribution in [-0.4, -0.2) is 9.52 Å². The van der Waals surface area contributed by atoms with Crippen LogP contribution in [-0.2, 0) is 44.5 Å². The summed E-state index contributed by atoms with van der Waals surface area (Å²) in [6.45, 7) is 22.5. The number of aryl methyl sites for hydroxylation is 2. The minimum absolute atomic E-state index is 0.205. The van der Waals surface area contributed by atoms with Gasteiger partial charge in [-0.2, -0.15) is 12.1 Å². The van der Waals surface area contributed by atoms with Crippen molar-refractivity contribution in [3.05, 3.63) is 131 Å². The van der Waals surface area contributed by atoms with Gasteiger partial charge in [0.2, 0.25) is 0 Å². The molecule has 298 valence electrons. The molecule has 6 rings (SSSR count). The quantitative estimate of drug-likeness (QED) is 0.0653. The van der Waals surface area contributed by atoms with Gasteiger partial charge < -0.3 is 0 Å². The molecule has 2 radical (unpaired) electrons. The molecule has 0 nitrogen and oxygen atoms in total. The first-order chi connectivity index (χ1) is 26.8. The van der Waals surface area contributed by atoms with E-state index in [-0.39, 0.29) is 10.8 Å². The molecule has 4 heteroatoms. The van der Waals surface area contributed by atoms with Crippen molar-refractivity contribution in [2.45, 2.75) is 144 Å². The van der Waals surface area contributed by atoms with Crippen molar-refractivity contribution in [2.75, 3.05) is 0 Å². The molecule has 0 aliphatic heterocycles. The van der Waals surface area contributed by atoms with E-state index in [9.17, 15) is 0 Å². The maximum absolute atomic E-state index is 4.93. The number of fused-ring (bicyclic) bond motifs is 2. The van der Waals surface area contributed by atoms with Gasteiger partial charge in [-0.3, -0.25) is 0 Å². The van der Waals surface area contributed by atoms with Crippen LogP contribution in [0.1, 0.15) is 129 Å². The van der Waals surface area contributed by atoms with Crippen molar-refractivity contribution in [2.24, 2.45) is 0 Å². The average Bonchev–Trinajstić information content (AvgIpc) is 3.79. The molecule has 0 amide bonds. The van der Waals surface area contributed by atoms with Crippen LogP contribution in [0.15, 0.2) is 109 Å². The average molecular weight is 883 g/mol. The molecule has 56 heavy (non-hydrogen) atoms. The number of rotatable bonds is 12. The van der Waals surface area contributed by atoms with Gasteiger partial charge in [0.05, 0.1) is 0 Å². The molecule has 0 saturated heterocycles. The number of unbranched alkanes of at least 4 members (excludes halogenated alkanes) is 6. The molecule has 0 bridgehead atoms. The summed E-state index contributed by atoms with van der Waals surface area (Å²) in [5.74, 6) is 0. The Morgan fingerprint density at radius 3 is 1.16 bits per heavy atom. The van der Waals surface area contributed by atoms with Crippen LogP contribution >= 0.6 is 17.0 Å². The fourth-order valence-corrected chi connectivity index (χ4v) is 7.20. The normalized spacial score (nSPS) is 11.2. The Morgan fingerprint density at radius 2 is 0.857 bits per heavy atom. The molecule has 0 aromatic heterocycles. The van der Waals surface area contributed by atoms with Crippen molar-refractivity contribution >= 4 is 48.1 Å². The van der Waals surface area contributed by atoms with Crippen LogP contribution in [0.4, 0.5) is 0 Å². The van der Waals surface area contributed by atoms with E-state index in [1.807, 2.05) is 0 Å². The summed E-state index contributed by atoms with van der Waals surface area (Å²) in [7, 11) is 11.0. The third-order valence-corrected chi connectivity index (χ3v) is 10.4. The van der Waals surface area contributed by atoms with Crippen LogP contribution in [0.25, 0.3) is 43.8 Å². The van der Waals surface area contributed by atoms with E-state index in [1.165, 1.54) is 130 Å². The Kier molecular flexibility index (Phi) is 21.2. The molecule has 0 N–H and O–H groups in total. The third-order valence-electron chi connectivity index (χ3n) is 10.4. The Bertz CT molecular complexity index is 1820. The summed E-state index contributed by atoms with van der Waals surface area (Å²) in [5, 5.41) is 5.55. The van der Waals surface area contributed by atoms with Gasteiger partial charge in [0.25, 0.3) is 0 Å². The second-order valence-corrected chi connectivity index (χ2v) is 21.9. The number of hydrogen-bond donors (Lipinski definition) is 0. The zero-order valence-corrected chi connectivity index (χ0v) is 41.2. The summed E-state index contributed by atoms with van der Waals surface area (Å²) < 4.78 is 0. The summed E-state index contributed by atoms with van der Waals surface area (Å²) in [5.41, 5.74) is 11.5. The Hall–Kier alpha value is -2.22. The number of benzene rings is 4. The summed E-state index contributed by atoms with van der Waals surface area (Å²) in [6, 6.07) is 41.2. The van der Waals surface area contributed by atoms with Gasteiger partial charge >= 0.3 is 37.9 Å². The van der Waals surface area contributed by atoms with E-state index in [2.05, 4.69) is 178 Å². The summed E-state index contributed by atoms with van der Waals surface area (Å²) in [4.78, 5) is 0. The SMILES string of the molecule is CCCCCCc1cc2c(-c3ccc(C(C)(C)C)cc3)cccc2[cH-]1.CCCCCCc1cc2c(-c3ccc(C(C)(C)C)cc3)cccc2[cH-]1.C[Si]C.[Cl][Zr+2][Cl]. The van der Waals surface area contributed by atoms with Crippen molar-refractivity contribution < 1.29 is 20.8 Å².